The Morgan fingerprint density at radius 2 is 1.55 bits per heavy atom. The van der Waals surface area contributed by atoms with Gasteiger partial charge >= 0.3 is 0 Å². The van der Waals surface area contributed by atoms with E-state index in [9.17, 15) is 13.2 Å². The van der Waals surface area contributed by atoms with Crippen molar-refractivity contribution < 1.29 is 22.7 Å². The van der Waals surface area contributed by atoms with Crippen LogP contribution in [0.4, 0.5) is 0 Å². The normalized spacial score (nSPS) is 11.3. The number of ether oxygens (including phenoxy) is 2. The predicted molar refractivity (Wildman–Crippen MR) is 145 cm³/mol. The second kappa shape index (κ2) is 10.4. The van der Waals surface area contributed by atoms with E-state index >= 15 is 0 Å². The number of carbonyl (C=O) groups excluding carboxylic acids is 1. The molecule has 0 radical (unpaired) electrons. The first-order valence-corrected chi connectivity index (χ1v) is 13.3. The van der Waals surface area contributed by atoms with E-state index in [1.165, 1.54) is 37.4 Å². The van der Waals surface area contributed by atoms with Gasteiger partial charge in [-0.1, -0.05) is 36.4 Å². The zero-order chi connectivity index (χ0) is 26.7. The topological polar surface area (TPSA) is 99.5 Å². The number of rotatable bonds is 8. The average molecular weight is 528 g/mol. The molecule has 0 saturated heterocycles. The molecule has 0 unspecified atom stereocenters. The van der Waals surface area contributed by atoms with Crippen molar-refractivity contribution in [2.24, 2.45) is 0 Å². The first-order chi connectivity index (χ1) is 18.4. The minimum Gasteiger partial charge on any atom is -0.497 e. The van der Waals surface area contributed by atoms with Gasteiger partial charge < -0.3 is 14.0 Å². The molecule has 5 aromatic rings. The predicted octanol–water partition coefficient (Wildman–Crippen LogP) is 4.89. The molecule has 0 aliphatic heterocycles. The van der Waals surface area contributed by atoms with Crippen LogP contribution in [0.3, 0.4) is 0 Å². The minimum atomic E-state index is -4.09. The summed E-state index contributed by atoms with van der Waals surface area (Å²) in [4.78, 5) is 17.3. The fraction of sp³-hybridized carbons (Fsp3) is 0.103. The summed E-state index contributed by atoms with van der Waals surface area (Å²) in [6.07, 6.45) is 0. The Morgan fingerprint density at radius 1 is 0.842 bits per heavy atom. The SMILES string of the molecule is COc1ccc(S(=O)(=O)NC(=O)c2cccc(Cn3c(-c4ccccc4)cc4cc(OC)ccc43)n2)cc1. The summed E-state index contributed by atoms with van der Waals surface area (Å²) in [5, 5.41) is 1.00. The van der Waals surface area contributed by atoms with Gasteiger partial charge in [-0.3, -0.25) is 4.79 Å². The lowest BCUT2D eigenvalue weighted by Gasteiger charge is -2.12. The monoisotopic (exact) mass is 527 g/mol. The van der Waals surface area contributed by atoms with Crippen LogP contribution in [0, 0.1) is 0 Å². The molecule has 2 aromatic heterocycles. The molecule has 1 N–H and O–H groups in total. The third-order valence-corrected chi connectivity index (χ3v) is 7.48. The molecule has 2 heterocycles. The van der Waals surface area contributed by atoms with Crippen molar-refractivity contribution in [2.75, 3.05) is 14.2 Å². The molecule has 38 heavy (non-hydrogen) atoms. The van der Waals surface area contributed by atoms with E-state index < -0.39 is 15.9 Å². The molecule has 0 aliphatic rings. The van der Waals surface area contributed by atoms with Crippen LogP contribution in [0.5, 0.6) is 11.5 Å². The molecule has 1 amide bonds. The van der Waals surface area contributed by atoms with Crippen molar-refractivity contribution in [3.63, 3.8) is 0 Å². The summed E-state index contributed by atoms with van der Waals surface area (Å²) in [5.74, 6) is 0.452. The molecule has 0 spiro atoms. The van der Waals surface area contributed by atoms with Gasteiger partial charge in [-0.15, -0.1) is 0 Å². The molecule has 5 rings (SSSR count). The molecule has 0 fully saturated rings. The summed E-state index contributed by atoms with van der Waals surface area (Å²) in [6, 6.07) is 28.7. The Hall–Kier alpha value is -4.63. The zero-order valence-corrected chi connectivity index (χ0v) is 21.6. The first-order valence-electron chi connectivity index (χ1n) is 11.8. The van der Waals surface area contributed by atoms with Crippen molar-refractivity contribution in [2.45, 2.75) is 11.4 Å². The Bertz CT molecular complexity index is 1710. The van der Waals surface area contributed by atoms with Gasteiger partial charge in [0.15, 0.2) is 0 Å². The number of aromatic nitrogens is 2. The van der Waals surface area contributed by atoms with Crippen LogP contribution >= 0.6 is 0 Å². The maximum atomic E-state index is 12.9. The Balaban J connectivity index is 1.45. The fourth-order valence-corrected chi connectivity index (χ4v) is 5.20. The molecule has 8 nitrogen and oxygen atoms in total. The number of amides is 1. The van der Waals surface area contributed by atoms with Crippen LogP contribution in [0.2, 0.25) is 0 Å². The van der Waals surface area contributed by atoms with E-state index in [4.69, 9.17) is 9.47 Å². The highest BCUT2D eigenvalue weighted by molar-refractivity contribution is 7.90. The maximum absolute atomic E-state index is 12.9. The zero-order valence-electron chi connectivity index (χ0n) is 20.8. The lowest BCUT2D eigenvalue weighted by atomic mass is 10.1. The Labute approximate surface area is 220 Å². The number of nitrogens with zero attached hydrogens (tertiary/aromatic N) is 2. The highest BCUT2D eigenvalue weighted by atomic mass is 32.2. The lowest BCUT2D eigenvalue weighted by molar-refractivity contribution is 0.0976. The highest BCUT2D eigenvalue weighted by Crippen LogP contribution is 2.31. The molecule has 9 heteroatoms. The van der Waals surface area contributed by atoms with E-state index in [1.807, 2.05) is 48.5 Å². The number of methoxy groups -OCH3 is 2. The van der Waals surface area contributed by atoms with Crippen LogP contribution < -0.4 is 14.2 Å². The summed E-state index contributed by atoms with van der Waals surface area (Å²) >= 11 is 0. The number of sulfonamides is 1. The number of nitrogens with one attached hydrogen (secondary N) is 1. The minimum absolute atomic E-state index is 0.000946. The van der Waals surface area contributed by atoms with Gasteiger partial charge in [-0.25, -0.2) is 18.1 Å². The fourth-order valence-electron chi connectivity index (χ4n) is 4.24. The molecular weight excluding hydrogens is 502 g/mol. The lowest BCUT2D eigenvalue weighted by Crippen LogP contribution is -2.31. The summed E-state index contributed by atoms with van der Waals surface area (Å²) < 4.78 is 40.2. The number of benzene rings is 3. The molecule has 3 aromatic carbocycles. The molecule has 192 valence electrons. The second-order valence-corrected chi connectivity index (χ2v) is 10.2. The number of pyridine rings is 1. The van der Waals surface area contributed by atoms with Gasteiger partial charge in [-0.05, 0) is 66.2 Å². The van der Waals surface area contributed by atoms with Gasteiger partial charge in [0.1, 0.15) is 17.2 Å². The second-order valence-electron chi connectivity index (χ2n) is 8.53. The molecule has 0 aliphatic carbocycles. The number of hydrogen-bond donors (Lipinski definition) is 1. The third-order valence-electron chi connectivity index (χ3n) is 6.13. The van der Waals surface area contributed by atoms with Crippen molar-refractivity contribution in [1.82, 2.24) is 14.3 Å². The number of hydrogen-bond acceptors (Lipinski definition) is 6. The van der Waals surface area contributed by atoms with Gasteiger partial charge in [0.25, 0.3) is 15.9 Å². The molecule has 0 saturated carbocycles. The summed E-state index contributed by atoms with van der Waals surface area (Å²) in [7, 11) is -0.969. The average Bonchev–Trinajstić information content (AvgIpc) is 3.30. The van der Waals surface area contributed by atoms with E-state index in [1.54, 1.807) is 19.2 Å². The first kappa shape index (κ1) is 25.0. The van der Waals surface area contributed by atoms with Crippen LogP contribution in [-0.2, 0) is 16.6 Å². The van der Waals surface area contributed by atoms with Crippen molar-refractivity contribution in [1.29, 1.82) is 0 Å². The summed E-state index contributed by atoms with van der Waals surface area (Å²) in [6.45, 7) is 0.367. The largest absolute Gasteiger partial charge is 0.497 e. The van der Waals surface area contributed by atoms with E-state index in [2.05, 4.69) is 20.3 Å². The van der Waals surface area contributed by atoms with E-state index in [0.29, 0.717) is 18.0 Å². The van der Waals surface area contributed by atoms with Crippen LogP contribution in [-0.4, -0.2) is 38.1 Å². The molecule has 0 bridgehead atoms. The van der Waals surface area contributed by atoms with Crippen molar-refractivity contribution >= 4 is 26.8 Å². The van der Waals surface area contributed by atoms with E-state index in [-0.39, 0.29) is 10.6 Å². The molecular formula is C29H25N3O5S. The Kier molecular flexibility index (Phi) is 6.85. The highest BCUT2D eigenvalue weighted by Gasteiger charge is 2.20. The maximum Gasteiger partial charge on any atom is 0.283 e. The van der Waals surface area contributed by atoms with Crippen LogP contribution in [0.1, 0.15) is 16.2 Å². The quantitative estimate of drug-likeness (QED) is 0.309. The number of fused-ring (bicyclic) bond motifs is 1. The molecule has 0 atom stereocenters. The number of carbonyl (C=O) groups is 1. The van der Waals surface area contributed by atoms with Gasteiger partial charge in [0.05, 0.1) is 31.4 Å². The van der Waals surface area contributed by atoms with E-state index in [0.717, 1.165) is 27.9 Å². The van der Waals surface area contributed by atoms with Crippen LogP contribution in [0.15, 0.2) is 102 Å². The third kappa shape index (κ3) is 5.09. The van der Waals surface area contributed by atoms with Gasteiger partial charge in [0.2, 0.25) is 0 Å². The van der Waals surface area contributed by atoms with Crippen LogP contribution in [0.25, 0.3) is 22.2 Å². The summed E-state index contributed by atoms with van der Waals surface area (Å²) in [5.41, 5.74) is 3.59. The Morgan fingerprint density at radius 3 is 2.26 bits per heavy atom. The van der Waals surface area contributed by atoms with Gasteiger partial charge in [0, 0.05) is 16.6 Å². The van der Waals surface area contributed by atoms with Crippen molar-refractivity contribution in [3.8, 4) is 22.8 Å². The smallest absolute Gasteiger partial charge is 0.283 e. The van der Waals surface area contributed by atoms with Gasteiger partial charge in [-0.2, -0.15) is 0 Å². The standard InChI is InChI=1S/C29H25N3O5S/c1-36-23-11-14-25(15-12-23)38(34,35)31-29(33)26-10-6-9-22(30-26)19-32-27-16-13-24(37-2)17-21(27)18-28(32)20-7-4-3-5-8-20/h3-18H,19H2,1-2H3,(H,31,33). The van der Waals surface area contributed by atoms with Crippen molar-refractivity contribution in [3.05, 3.63) is 108 Å².